The number of benzene rings is 2. The van der Waals surface area contributed by atoms with Crippen molar-refractivity contribution in [1.82, 2.24) is 4.90 Å². The van der Waals surface area contributed by atoms with Gasteiger partial charge in [0.15, 0.2) is 6.61 Å². The van der Waals surface area contributed by atoms with Crippen molar-refractivity contribution in [2.75, 3.05) is 38.2 Å². The molecule has 1 aliphatic rings. The fourth-order valence-electron chi connectivity index (χ4n) is 2.68. The number of anilines is 1. The molecule has 3 rings (SSSR count). The number of morpholine rings is 1. The average Bonchev–Trinajstić information content (AvgIpc) is 2.69. The third-order valence-corrected chi connectivity index (χ3v) is 4.10. The highest BCUT2D eigenvalue weighted by molar-refractivity contribution is 5.91. The van der Waals surface area contributed by atoms with E-state index in [1.54, 1.807) is 24.3 Å². The van der Waals surface area contributed by atoms with Crippen LogP contribution in [0, 0.1) is 11.3 Å². The lowest BCUT2D eigenvalue weighted by Gasteiger charge is -2.26. The minimum atomic E-state index is -0.227. The standard InChI is InChI=1S/C20H21N3O3/c21-13-16-3-7-19(8-4-16)26-15-20(24)22-18-5-1-17(2-6-18)14-23-9-11-25-12-10-23/h1-8H,9-12,14-15H2,(H,22,24). The van der Waals surface area contributed by atoms with Crippen LogP contribution in [0.15, 0.2) is 48.5 Å². The molecule has 6 nitrogen and oxygen atoms in total. The Labute approximate surface area is 152 Å². The van der Waals surface area contributed by atoms with E-state index in [0.717, 1.165) is 38.5 Å². The van der Waals surface area contributed by atoms with Gasteiger partial charge in [0.05, 0.1) is 24.8 Å². The van der Waals surface area contributed by atoms with Crippen LogP contribution >= 0.6 is 0 Å². The molecule has 0 spiro atoms. The maximum atomic E-state index is 12.0. The Hall–Kier alpha value is -2.88. The molecule has 6 heteroatoms. The molecular formula is C20H21N3O3. The molecule has 1 aliphatic heterocycles. The summed E-state index contributed by atoms with van der Waals surface area (Å²) >= 11 is 0. The molecule has 0 bridgehead atoms. The summed E-state index contributed by atoms with van der Waals surface area (Å²) < 4.78 is 10.8. The molecule has 2 aromatic carbocycles. The number of nitrogens with one attached hydrogen (secondary N) is 1. The van der Waals surface area contributed by atoms with Gasteiger partial charge in [0.2, 0.25) is 0 Å². The number of carbonyl (C=O) groups is 1. The zero-order valence-electron chi connectivity index (χ0n) is 14.5. The second-order valence-electron chi connectivity index (χ2n) is 6.06. The van der Waals surface area contributed by atoms with Gasteiger partial charge in [-0.15, -0.1) is 0 Å². The summed E-state index contributed by atoms with van der Waals surface area (Å²) in [6.07, 6.45) is 0. The molecule has 0 unspecified atom stereocenters. The monoisotopic (exact) mass is 351 g/mol. The van der Waals surface area contributed by atoms with Crippen molar-refractivity contribution in [3.8, 4) is 11.8 Å². The van der Waals surface area contributed by atoms with E-state index in [1.807, 2.05) is 30.3 Å². The summed E-state index contributed by atoms with van der Waals surface area (Å²) in [6.45, 7) is 4.28. The third-order valence-electron chi connectivity index (χ3n) is 4.10. The van der Waals surface area contributed by atoms with Crippen LogP contribution in [0.3, 0.4) is 0 Å². The topological polar surface area (TPSA) is 74.6 Å². The van der Waals surface area contributed by atoms with E-state index < -0.39 is 0 Å². The van der Waals surface area contributed by atoms with Crippen LogP contribution in [0.5, 0.6) is 5.75 Å². The summed E-state index contributed by atoms with van der Waals surface area (Å²) in [5.41, 5.74) is 2.50. The number of nitriles is 1. The number of amides is 1. The molecule has 26 heavy (non-hydrogen) atoms. The normalized spacial score (nSPS) is 14.4. The lowest BCUT2D eigenvalue weighted by atomic mass is 10.2. The second kappa shape index (κ2) is 8.99. The lowest BCUT2D eigenvalue weighted by molar-refractivity contribution is -0.118. The first-order valence-electron chi connectivity index (χ1n) is 8.55. The molecule has 1 saturated heterocycles. The molecule has 2 aromatic rings. The van der Waals surface area contributed by atoms with E-state index in [0.29, 0.717) is 11.3 Å². The van der Waals surface area contributed by atoms with Gasteiger partial charge in [-0.25, -0.2) is 0 Å². The van der Waals surface area contributed by atoms with Crippen molar-refractivity contribution in [3.63, 3.8) is 0 Å². The number of ether oxygens (including phenoxy) is 2. The smallest absolute Gasteiger partial charge is 0.262 e. The maximum absolute atomic E-state index is 12.0. The summed E-state index contributed by atoms with van der Waals surface area (Å²) in [7, 11) is 0. The van der Waals surface area contributed by atoms with Gasteiger partial charge in [0.1, 0.15) is 5.75 Å². The highest BCUT2D eigenvalue weighted by Crippen LogP contribution is 2.14. The fourth-order valence-corrected chi connectivity index (χ4v) is 2.68. The van der Waals surface area contributed by atoms with Crippen molar-refractivity contribution in [2.45, 2.75) is 6.54 Å². The molecule has 1 fully saturated rings. The molecule has 0 aliphatic carbocycles. The Morgan fingerprint density at radius 3 is 2.46 bits per heavy atom. The molecule has 1 N–H and O–H groups in total. The van der Waals surface area contributed by atoms with E-state index in [4.69, 9.17) is 14.7 Å². The van der Waals surface area contributed by atoms with Crippen molar-refractivity contribution >= 4 is 11.6 Å². The van der Waals surface area contributed by atoms with Crippen LogP contribution < -0.4 is 10.1 Å². The summed E-state index contributed by atoms with van der Waals surface area (Å²) in [5, 5.41) is 11.6. The quantitative estimate of drug-likeness (QED) is 0.865. The van der Waals surface area contributed by atoms with Crippen LogP contribution in [0.25, 0.3) is 0 Å². The predicted molar refractivity (Wildman–Crippen MR) is 97.8 cm³/mol. The molecule has 0 aromatic heterocycles. The number of nitrogens with zero attached hydrogens (tertiary/aromatic N) is 2. The van der Waals surface area contributed by atoms with E-state index in [-0.39, 0.29) is 12.5 Å². The molecular weight excluding hydrogens is 330 g/mol. The first kappa shape index (κ1) is 17.9. The molecule has 134 valence electrons. The highest BCUT2D eigenvalue weighted by atomic mass is 16.5. The Balaban J connectivity index is 1.45. The Bertz CT molecular complexity index is 760. The van der Waals surface area contributed by atoms with Crippen LogP contribution in [-0.2, 0) is 16.1 Å². The van der Waals surface area contributed by atoms with Crippen LogP contribution in [0.1, 0.15) is 11.1 Å². The lowest BCUT2D eigenvalue weighted by Crippen LogP contribution is -2.35. The van der Waals surface area contributed by atoms with Crippen molar-refractivity contribution < 1.29 is 14.3 Å². The first-order valence-corrected chi connectivity index (χ1v) is 8.55. The maximum Gasteiger partial charge on any atom is 0.262 e. The second-order valence-corrected chi connectivity index (χ2v) is 6.06. The summed E-state index contributed by atoms with van der Waals surface area (Å²) in [6, 6.07) is 16.5. The largest absolute Gasteiger partial charge is 0.484 e. The SMILES string of the molecule is N#Cc1ccc(OCC(=O)Nc2ccc(CN3CCOCC3)cc2)cc1. The molecule has 1 amide bonds. The summed E-state index contributed by atoms with van der Waals surface area (Å²) in [4.78, 5) is 14.3. The molecule has 1 heterocycles. The van der Waals surface area contributed by atoms with E-state index in [9.17, 15) is 4.79 Å². The zero-order chi connectivity index (χ0) is 18.2. The molecule has 0 radical (unpaired) electrons. The fraction of sp³-hybridized carbons (Fsp3) is 0.300. The van der Waals surface area contributed by atoms with Crippen LogP contribution in [-0.4, -0.2) is 43.7 Å². The third kappa shape index (κ3) is 5.31. The van der Waals surface area contributed by atoms with Gasteiger partial charge in [0.25, 0.3) is 5.91 Å². The van der Waals surface area contributed by atoms with E-state index >= 15 is 0 Å². The van der Waals surface area contributed by atoms with E-state index in [1.165, 1.54) is 5.56 Å². The van der Waals surface area contributed by atoms with Gasteiger partial charge in [-0.2, -0.15) is 5.26 Å². The minimum absolute atomic E-state index is 0.0819. The number of rotatable bonds is 6. The summed E-state index contributed by atoms with van der Waals surface area (Å²) in [5.74, 6) is 0.329. The van der Waals surface area contributed by atoms with Crippen LogP contribution in [0.4, 0.5) is 5.69 Å². The van der Waals surface area contributed by atoms with Crippen molar-refractivity contribution in [2.24, 2.45) is 0 Å². The van der Waals surface area contributed by atoms with Gasteiger partial charge in [-0.05, 0) is 42.0 Å². The number of hydrogen-bond acceptors (Lipinski definition) is 5. The van der Waals surface area contributed by atoms with E-state index in [2.05, 4.69) is 10.2 Å². The first-order chi connectivity index (χ1) is 12.7. The van der Waals surface area contributed by atoms with Crippen LogP contribution in [0.2, 0.25) is 0 Å². The minimum Gasteiger partial charge on any atom is -0.484 e. The van der Waals surface area contributed by atoms with Crippen molar-refractivity contribution in [1.29, 1.82) is 5.26 Å². The number of hydrogen-bond donors (Lipinski definition) is 1. The number of carbonyl (C=O) groups excluding carboxylic acids is 1. The van der Waals surface area contributed by atoms with Gasteiger partial charge < -0.3 is 14.8 Å². The van der Waals surface area contributed by atoms with Crippen molar-refractivity contribution in [3.05, 3.63) is 59.7 Å². The molecule has 0 atom stereocenters. The zero-order valence-corrected chi connectivity index (χ0v) is 14.5. The van der Waals surface area contributed by atoms with Gasteiger partial charge in [-0.1, -0.05) is 12.1 Å². The van der Waals surface area contributed by atoms with Gasteiger partial charge in [0, 0.05) is 25.3 Å². The van der Waals surface area contributed by atoms with Gasteiger partial charge >= 0.3 is 0 Å². The van der Waals surface area contributed by atoms with Gasteiger partial charge in [-0.3, -0.25) is 9.69 Å². The average molecular weight is 351 g/mol. The molecule has 0 saturated carbocycles. The Morgan fingerprint density at radius 1 is 1.12 bits per heavy atom. The Kier molecular flexibility index (Phi) is 6.20. The highest BCUT2D eigenvalue weighted by Gasteiger charge is 2.10. The predicted octanol–water partition coefficient (Wildman–Crippen LogP) is 2.41. The Morgan fingerprint density at radius 2 is 1.81 bits per heavy atom.